The van der Waals surface area contributed by atoms with E-state index in [1.54, 1.807) is 11.3 Å². The number of aryl methyl sites for hydroxylation is 1. The van der Waals surface area contributed by atoms with Crippen LogP contribution in [0.5, 0.6) is 0 Å². The quantitative estimate of drug-likeness (QED) is 0.805. The molecule has 1 aromatic rings. The Morgan fingerprint density at radius 3 is 2.19 bits per heavy atom. The van der Waals surface area contributed by atoms with Gasteiger partial charge in [-0.2, -0.15) is 0 Å². The van der Waals surface area contributed by atoms with Gasteiger partial charge >= 0.3 is 0 Å². The first-order valence-electron chi connectivity index (χ1n) is 6.03. The molecule has 2 N–H and O–H groups in total. The molecule has 0 aliphatic heterocycles. The second-order valence-corrected chi connectivity index (χ2v) is 5.51. The summed E-state index contributed by atoms with van der Waals surface area (Å²) in [6.07, 6.45) is 2.12. The van der Waals surface area contributed by atoms with Crippen molar-refractivity contribution in [2.75, 3.05) is 0 Å². The fraction of sp³-hybridized carbons (Fsp3) is 0.692. The van der Waals surface area contributed by atoms with Crippen LogP contribution in [0.2, 0.25) is 0 Å². The van der Waals surface area contributed by atoms with Crippen LogP contribution in [0, 0.1) is 0 Å². The summed E-state index contributed by atoms with van der Waals surface area (Å²) in [7, 11) is 0. The van der Waals surface area contributed by atoms with E-state index in [0.29, 0.717) is 19.3 Å². The van der Waals surface area contributed by atoms with Gasteiger partial charge in [0.1, 0.15) is 0 Å². The minimum atomic E-state index is -0.934. The average Bonchev–Trinajstić information content (AvgIpc) is 2.75. The van der Waals surface area contributed by atoms with Crippen molar-refractivity contribution in [2.45, 2.75) is 58.2 Å². The first kappa shape index (κ1) is 13.7. The van der Waals surface area contributed by atoms with Crippen molar-refractivity contribution in [3.63, 3.8) is 0 Å². The van der Waals surface area contributed by atoms with Gasteiger partial charge in [0.2, 0.25) is 0 Å². The van der Waals surface area contributed by atoms with Crippen LogP contribution >= 0.6 is 11.3 Å². The van der Waals surface area contributed by atoms with E-state index >= 15 is 0 Å². The molecule has 0 aliphatic rings. The molecule has 0 amide bonds. The maximum absolute atomic E-state index is 10.2. The van der Waals surface area contributed by atoms with Crippen LogP contribution in [-0.4, -0.2) is 21.9 Å². The average molecular weight is 242 g/mol. The summed E-state index contributed by atoms with van der Waals surface area (Å²) in [6.45, 7) is 5.96. The highest BCUT2D eigenvalue weighted by Gasteiger charge is 2.31. The molecule has 0 aliphatic carbocycles. The summed E-state index contributed by atoms with van der Waals surface area (Å²) in [5.74, 6) is 0. The highest BCUT2D eigenvalue weighted by Crippen LogP contribution is 2.25. The van der Waals surface area contributed by atoms with E-state index in [0.717, 1.165) is 11.3 Å². The standard InChI is InChI=1S/C13H22O2S/c1-4-10-7-8-11(16-10)9-12(14)13(15,5-2)6-3/h7-8,12,14-15H,4-6,9H2,1-3H3. The Balaban J connectivity index is 2.66. The van der Waals surface area contributed by atoms with E-state index in [1.165, 1.54) is 4.88 Å². The maximum atomic E-state index is 10.2. The number of aliphatic hydroxyl groups is 2. The fourth-order valence-corrected chi connectivity index (χ4v) is 2.82. The van der Waals surface area contributed by atoms with Crippen LogP contribution in [0.1, 0.15) is 43.4 Å². The van der Waals surface area contributed by atoms with Crippen LogP contribution in [0.4, 0.5) is 0 Å². The molecule has 1 aromatic heterocycles. The third-order valence-corrected chi connectivity index (χ3v) is 4.56. The van der Waals surface area contributed by atoms with E-state index in [-0.39, 0.29) is 0 Å². The van der Waals surface area contributed by atoms with Crippen LogP contribution in [0.3, 0.4) is 0 Å². The van der Waals surface area contributed by atoms with Crippen LogP contribution in [0.15, 0.2) is 12.1 Å². The van der Waals surface area contributed by atoms with Gasteiger partial charge in [0.15, 0.2) is 0 Å². The molecule has 0 bridgehead atoms. The lowest BCUT2D eigenvalue weighted by molar-refractivity contribution is -0.0787. The van der Waals surface area contributed by atoms with E-state index in [2.05, 4.69) is 19.1 Å². The summed E-state index contributed by atoms with van der Waals surface area (Å²) in [6, 6.07) is 4.15. The third-order valence-electron chi connectivity index (χ3n) is 3.31. The lowest BCUT2D eigenvalue weighted by atomic mass is 9.88. The zero-order valence-electron chi connectivity index (χ0n) is 10.4. The van der Waals surface area contributed by atoms with E-state index in [1.807, 2.05) is 13.8 Å². The van der Waals surface area contributed by atoms with Crippen molar-refractivity contribution in [3.05, 3.63) is 21.9 Å². The van der Waals surface area contributed by atoms with E-state index < -0.39 is 11.7 Å². The molecule has 1 atom stereocenters. The van der Waals surface area contributed by atoms with Crippen molar-refractivity contribution in [1.29, 1.82) is 0 Å². The zero-order valence-corrected chi connectivity index (χ0v) is 11.2. The lowest BCUT2D eigenvalue weighted by Gasteiger charge is -2.30. The van der Waals surface area contributed by atoms with Gasteiger partial charge in [0, 0.05) is 16.2 Å². The minimum absolute atomic E-state index is 0.558. The molecule has 16 heavy (non-hydrogen) atoms. The molecule has 0 radical (unpaired) electrons. The summed E-state index contributed by atoms with van der Waals surface area (Å²) in [4.78, 5) is 2.49. The molecule has 92 valence electrons. The smallest absolute Gasteiger partial charge is 0.0903 e. The van der Waals surface area contributed by atoms with Crippen molar-refractivity contribution >= 4 is 11.3 Å². The Morgan fingerprint density at radius 1 is 1.19 bits per heavy atom. The predicted octanol–water partition coefficient (Wildman–Crippen LogP) is 2.77. The zero-order chi connectivity index (χ0) is 12.2. The summed E-state index contributed by atoms with van der Waals surface area (Å²) < 4.78 is 0. The topological polar surface area (TPSA) is 40.5 Å². The molecule has 0 spiro atoms. The second-order valence-electron chi connectivity index (χ2n) is 4.25. The molecule has 0 fully saturated rings. The Bertz CT molecular complexity index is 315. The highest BCUT2D eigenvalue weighted by molar-refractivity contribution is 7.11. The van der Waals surface area contributed by atoms with Gasteiger partial charge < -0.3 is 10.2 Å². The summed E-state index contributed by atoms with van der Waals surface area (Å²) in [5, 5.41) is 20.2. The largest absolute Gasteiger partial charge is 0.390 e. The van der Waals surface area contributed by atoms with Crippen LogP contribution < -0.4 is 0 Å². The number of rotatable bonds is 6. The van der Waals surface area contributed by atoms with E-state index in [9.17, 15) is 10.2 Å². The van der Waals surface area contributed by atoms with Gasteiger partial charge in [-0.15, -0.1) is 11.3 Å². The van der Waals surface area contributed by atoms with Gasteiger partial charge in [-0.05, 0) is 31.4 Å². The normalized spacial score (nSPS) is 14.1. The monoisotopic (exact) mass is 242 g/mol. The highest BCUT2D eigenvalue weighted by atomic mass is 32.1. The molecule has 2 nitrogen and oxygen atoms in total. The Hall–Kier alpha value is -0.380. The molecule has 3 heteroatoms. The number of thiophene rings is 1. The SMILES string of the molecule is CCc1ccc(CC(O)C(O)(CC)CC)s1. The molecular weight excluding hydrogens is 220 g/mol. The van der Waals surface area contributed by atoms with Crippen LogP contribution in [-0.2, 0) is 12.8 Å². The molecular formula is C13H22O2S. The fourth-order valence-electron chi connectivity index (χ4n) is 1.82. The van der Waals surface area contributed by atoms with Crippen LogP contribution in [0.25, 0.3) is 0 Å². The number of hydrogen-bond acceptors (Lipinski definition) is 3. The van der Waals surface area contributed by atoms with E-state index in [4.69, 9.17) is 0 Å². The Labute approximate surface area is 102 Å². The second kappa shape index (κ2) is 5.80. The molecule has 0 saturated carbocycles. The molecule has 1 heterocycles. The van der Waals surface area contributed by atoms with Crippen molar-refractivity contribution in [3.8, 4) is 0 Å². The first-order valence-corrected chi connectivity index (χ1v) is 6.85. The summed E-state index contributed by atoms with van der Waals surface area (Å²) >= 11 is 1.73. The van der Waals surface area contributed by atoms with Crippen molar-refractivity contribution in [1.82, 2.24) is 0 Å². The van der Waals surface area contributed by atoms with Gasteiger partial charge in [0.05, 0.1) is 11.7 Å². The van der Waals surface area contributed by atoms with Gasteiger partial charge in [-0.1, -0.05) is 20.8 Å². The van der Waals surface area contributed by atoms with Gasteiger partial charge in [-0.3, -0.25) is 0 Å². The molecule has 1 rings (SSSR count). The first-order chi connectivity index (χ1) is 7.55. The molecule has 1 unspecified atom stereocenters. The number of aliphatic hydroxyl groups excluding tert-OH is 1. The molecule has 0 aromatic carbocycles. The minimum Gasteiger partial charge on any atom is -0.390 e. The summed E-state index contributed by atoms with van der Waals surface area (Å²) in [5.41, 5.74) is -0.934. The van der Waals surface area contributed by atoms with Crippen molar-refractivity contribution in [2.24, 2.45) is 0 Å². The predicted molar refractivity (Wildman–Crippen MR) is 68.9 cm³/mol. The van der Waals surface area contributed by atoms with Gasteiger partial charge in [-0.25, -0.2) is 0 Å². The third kappa shape index (κ3) is 3.06. The Kier molecular flexibility index (Phi) is 4.96. The Morgan fingerprint density at radius 2 is 1.75 bits per heavy atom. The maximum Gasteiger partial charge on any atom is 0.0903 e. The van der Waals surface area contributed by atoms with Crippen molar-refractivity contribution < 1.29 is 10.2 Å². The molecule has 0 saturated heterocycles. The van der Waals surface area contributed by atoms with Gasteiger partial charge in [0.25, 0.3) is 0 Å². The number of hydrogen-bond donors (Lipinski definition) is 2. The lowest BCUT2D eigenvalue weighted by Crippen LogP contribution is -2.42.